The van der Waals surface area contributed by atoms with Crippen LogP contribution in [0.4, 0.5) is 4.39 Å². The molecule has 1 aliphatic rings. The minimum atomic E-state index is -0.288. The summed E-state index contributed by atoms with van der Waals surface area (Å²) in [4.78, 5) is 0. The number of halogens is 2. The van der Waals surface area contributed by atoms with Crippen LogP contribution >= 0.6 is 15.9 Å². The molecule has 1 saturated heterocycles. The molecule has 4 nitrogen and oxygen atoms in total. The van der Waals surface area contributed by atoms with Gasteiger partial charge in [-0.1, -0.05) is 0 Å². The van der Waals surface area contributed by atoms with Gasteiger partial charge in [-0.2, -0.15) is 5.10 Å². The Morgan fingerprint density at radius 1 is 1.30 bits per heavy atom. The number of ether oxygens (including phenoxy) is 2. The fourth-order valence-corrected chi connectivity index (χ4v) is 3.40. The molecular weight excluding hydrogens is 363 g/mol. The van der Waals surface area contributed by atoms with Crippen LogP contribution in [-0.2, 0) is 11.8 Å². The van der Waals surface area contributed by atoms with E-state index in [1.807, 2.05) is 20.9 Å². The molecular formula is C17H20BrFN2O2. The van der Waals surface area contributed by atoms with Gasteiger partial charge in [0.25, 0.3) is 0 Å². The Bertz CT molecular complexity index is 724. The van der Waals surface area contributed by atoms with Crippen LogP contribution in [-0.4, -0.2) is 29.1 Å². The summed E-state index contributed by atoms with van der Waals surface area (Å²) < 4.78 is 28.2. The van der Waals surface area contributed by atoms with E-state index in [2.05, 4.69) is 21.0 Å². The van der Waals surface area contributed by atoms with E-state index < -0.39 is 0 Å². The van der Waals surface area contributed by atoms with Crippen LogP contribution in [0.2, 0.25) is 0 Å². The number of aryl methyl sites for hydroxylation is 2. The van der Waals surface area contributed by atoms with Crippen LogP contribution in [0.1, 0.15) is 24.2 Å². The van der Waals surface area contributed by atoms with Crippen molar-refractivity contribution in [3.8, 4) is 16.9 Å². The SMILES string of the molecule is Cc1nn(C)c(C)c1-c1cc(OC2CCOCC2)cc(Br)c1F. The Morgan fingerprint density at radius 3 is 2.61 bits per heavy atom. The van der Waals surface area contributed by atoms with Gasteiger partial charge in [-0.3, -0.25) is 4.68 Å². The van der Waals surface area contributed by atoms with Crippen molar-refractivity contribution in [1.29, 1.82) is 0 Å². The molecule has 6 heteroatoms. The Kier molecular flexibility index (Phi) is 4.73. The molecule has 2 heterocycles. The van der Waals surface area contributed by atoms with E-state index in [0.717, 1.165) is 29.8 Å². The highest BCUT2D eigenvalue weighted by Gasteiger charge is 2.21. The summed E-state index contributed by atoms with van der Waals surface area (Å²) in [7, 11) is 1.86. The number of aromatic nitrogens is 2. The summed E-state index contributed by atoms with van der Waals surface area (Å²) in [6.07, 6.45) is 1.83. The predicted octanol–water partition coefficient (Wildman–Crippen LogP) is 4.16. The molecule has 0 saturated carbocycles. The first-order valence-electron chi connectivity index (χ1n) is 7.71. The largest absolute Gasteiger partial charge is 0.490 e. The highest BCUT2D eigenvalue weighted by molar-refractivity contribution is 9.10. The Morgan fingerprint density at radius 2 is 2.00 bits per heavy atom. The molecule has 1 aromatic carbocycles. The van der Waals surface area contributed by atoms with E-state index in [-0.39, 0.29) is 11.9 Å². The summed E-state index contributed by atoms with van der Waals surface area (Å²) in [6.45, 7) is 5.25. The van der Waals surface area contributed by atoms with Crippen molar-refractivity contribution in [2.24, 2.45) is 7.05 Å². The van der Waals surface area contributed by atoms with Gasteiger partial charge in [-0.25, -0.2) is 4.39 Å². The molecule has 0 unspecified atom stereocenters. The first-order valence-corrected chi connectivity index (χ1v) is 8.50. The second kappa shape index (κ2) is 6.61. The molecule has 0 bridgehead atoms. The van der Waals surface area contributed by atoms with E-state index in [0.29, 0.717) is 29.0 Å². The lowest BCUT2D eigenvalue weighted by Crippen LogP contribution is -2.25. The maximum absolute atomic E-state index is 14.7. The highest BCUT2D eigenvalue weighted by atomic mass is 79.9. The summed E-state index contributed by atoms with van der Waals surface area (Å²) in [5.41, 5.74) is 3.07. The molecule has 2 aromatic rings. The van der Waals surface area contributed by atoms with Crippen LogP contribution in [0, 0.1) is 19.7 Å². The van der Waals surface area contributed by atoms with Crippen LogP contribution in [0.5, 0.6) is 5.75 Å². The summed E-state index contributed by atoms with van der Waals surface area (Å²) in [5.74, 6) is 0.381. The summed E-state index contributed by atoms with van der Waals surface area (Å²) in [5, 5.41) is 4.38. The fraction of sp³-hybridized carbons (Fsp3) is 0.471. The Balaban J connectivity index is 1.99. The van der Waals surface area contributed by atoms with Gasteiger partial charge >= 0.3 is 0 Å². The molecule has 0 spiro atoms. The van der Waals surface area contributed by atoms with Crippen molar-refractivity contribution in [3.63, 3.8) is 0 Å². The Labute approximate surface area is 143 Å². The number of rotatable bonds is 3. The van der Waals surface area contributed by atoms with Crippen molar-refractivity contribution < 1.29 is 13.9 Å². The second-order valence-electron chi connectivity index (χ2n) is 5.87. The lowest BCUT2D eigenvalue weighted by Gasteiger charge is -2.24. The smallest absolute Gasteiger partial charge is 0.145 e. The zero-order valence-corrected chi connectivity index (χ0v) is 15.1. The van der Waals surface area contributed by atoms with Crippen molar-refractivity contribution in [2.45, 2.75) is 32.8 Å². The maximum atomic E-state index is 14.7. The molecule has 124 valence electrons. The molecule has 1 fully saturated rings. The first kappa shape index (κ1) is 16.5. The van der Waals surface area contributed by atoms with Gasteiger partial charge < -0.3 is 9.47 Å². The third-order valence-electron chi connectivity index (χ3n) is 4.25. The average Bonchev–Trinajstić information content (AvgIpc) is 2.77. The third-order valence-corrected chi connectivity index (χ3v) is 4.83. The lowest BCUT2D eigenvalue weighted by atomic mass is 10.0. The number of hydrogen-bond acceptors (Lipinski definition) is 3. The number of hydrogen-bond donors (Lipinski definition) is 0. The Hall–Kier alpha value is -1.40. The topological polar surface area (TPSA) is 36.3 Å². The monoisotopic (exact) mass is 382 g/mol. The van der Waals surface area contributed by atoms with Crippen LogP contribution in [0.25, 0.3) is 11.1 Å². The fourth-order valence-electron chi connectivity index (χ4n) is 2.96. The standard InChI is InChI=1S/C17H20BrFN2O2/c1-10-16(11(2)21(3)20-10)14-8-13(9-15(18)17(14)19)23-12-4-6-22-7-5-12/h8-9,12H,4-7H2,1-3H3. The van der Waals surface area contributed by atoms with Gasteiger partial charge in [0, 0.05) is 36.7 Å². The van der Waals surface area contributed by atoms with Crippen molar-refractivity contribution >= 4 is 15.9 Å². The van der Waals surface area contributed by atoms with Crippen molar-refractivity contribution in [1.82, 2.24) is 9.78 Å². The molecule has 0 atom stereocenters. The molecule has 0 amide bonds. The van der Waals surface area contributed by atoms with Gasteiger partial charge in [0.1, 0.15) is 17.7 Å². The molecule has 3 rings (SSSR count). The van der Waals surface area contributed by atoms with E-state index in [4.69, 9.17) is 9.47 Å². The van der Waals surface area contributed by atoms with E-state index in [1.165, 1.54) is 0 Å². The zero-order chi connectivity index (χ0) is 16.6. The van der Waals surface area contributed by atoms with Gasteiger partial charge in [0.15, 0.2) is 0 Å². The van der Waals surface area contributed by atoms with E-state index >= 15 is 0 Å². The molecule has 0 N–H and O–H groups in total. The highest BCUT2D eigenvalue weighted by Crippen LogP contribution is 2.36. The van der Waals surface area contributed by atoms with E-state index in [9.17, 15) is 4.39 Å². The van der Waals surface area contributed by atoms with E-state index in [1.54, 1.807) is 16.8 Å². The van der Waals surface area contributed by atoms with Crippen molar-refractivity contribution in [3.05, 3.63) is 33.8 Å². The van der Waals surface area contributed by atoms with Crippen LogP contribution in [0.3, 0.4) is 0 Å². The summed E-state index contributed by atoms with van der Waals surface area (Å²) >= 11 is 3.31. The minimum absolute atomic E-state index is 0.116. The first-order chi connectivity index (χ1) is 11.0. The lowest BCUT2D eigenvalue weighted by molar-refractivity contribution is 0.0255. The second-order valence-corrected chi connectivity index (χ2v) is 6.72. The molecule has 0 aliphatic carbocycles. The summed E-state index contributed by atoms with van der Waals surface area (Å²) in [6, 6.07) is 3.46. The third kappa shape index (κ3) is 3.28. The normalized spacial score (nSPS) is 15.9. The van der Waals surface area contributed by atoms with Crippen LogP contribution in [0.15, 0.2) is 16.6 Å². The molecule has 1 aromatic heterocycles. The number of benzene rings is 1. The number of nitrogens with zero attached hydrogens (tertiary/aromatic N) is 2. The van der Waals surface area contributed by atoms with Gasteiger partial charge in [0.2, 0.25) is 0 Å². The zero-order valence-electron chi connectivity index (χ0n) is 13.5. The van der Waals surface area contributed by atoms with Gasteiger partial charge in [0.05, 0.1) is 23.4 Å². The predicted molar refractivity (Wildman–Crippen MR) is 90.2 cm³/mol. The quantitative estimate of drug-likeness (QED) is 0.799. The molecule has 1 aliphatic heterocycles. The van der Waals surface area contributed by atoms with Gasteiger partial charge in [-0.15, -0.1) is 0 Å². The van der Waals surface area contributed by atoms with Crippen molar-refractivity contribution in [2.75, 3.05) is 13.2 Å². The average molecular weight is 383 g/mol. The molecule has 0 radical (unpaired) electrons. The minimum Gasteiger partial charge on any atom is -0.490 e. The maximum Gasteiger partial charge on any atom is 0.145 e. The molecule has 23 heavy (non-hydrogen) atoms. The van der Waals surface area contributed by atoms with Gasteiger partial charge in [-0.05, 0) is 41.9 Å². The van der Waals surface area contributed by atoms with Crippen LogP contribution < -0.4 is 4.74 Å².